The van der Waals surface area contributed by atoms with Crippen molar-refractivity contribution < 1.29 is 0 Å². The lowest BCUT2D eigenvalue weighted by molar-refractivity contribution is 0.427. The summed E-state index contributed by atoms with van der Waals surface area (Å²) >= 11 is 3.57. The van der Waals surface area contributed by atoms with Crippen molar-refractivity contribution in [3.05, 3.63) is 29.8 Å². The van der Waals surface area contributed by atoms with Gasteiger partial charge in [0, 0.05) is 24.1 Å². The minimum absolute atomic E-state index is 0.744. The van der Waals surface area contributed by atoms with Gasteiger partial charge in [-0.3, -0.25) is 0 Å². The molecule has 16 heavy (non-hydrogen) atoms. The van der Waals surface area contributed by atoms with Crippen LogP contribution in [0.4, 0.5) is 5.69 Å². The normalized spacial score (nSPS) is 17.4. The maximum absolute atomic E-state index is 3.57. The van der Waals surface area contributed by atoms with Gasteiger partial charge in [0.15, 0.2) is 0 Å². The highest BCUT2D eigenvalue weighted by Crippen LogP contribution is 2.29. The summed E-state index contributed by atoms with van der Waals surface area (Å²) in [4.78, 5) is 2.48. The predicted octanol–water partition coefficient (Wildman–Crippen LogP) is 4.35. The number of alkyl halides is 1. The van der Waals surface area contributed by atoms with Gasteiger partial charge in [0.25, 0.3) is 0 Å². The molecular formula is C14H20BrN. The van der Waals surface area contributed by atoms with Gasteiger partial charge in [-0.05, 0) is 24.5 Å². The Bertz CT molecular complexity index is 331. The Balaban J connectivity index is 2.15. The average molecular weight is 282 g/mol. The van der Waals surface area contributed by atoms with Crippen LogP contribution in [0.2, 0.25) is 0 Å². The number of para-hydroxylation sites is 1. The number of rotatable bonds is 3. The zero-order valence-electron chi connectivity index (χ0n) is 9.95. The topological polar surface area (TPSA) is 3.24 Å². The van der Waals surface area contributed by atoms with E-state index in [0.717, 1.165) is 11.4 Å². The zero-order chi connectivity index (χ0) is 11.4. The van der Waals surface area contributed by atoms with Gasteiger partial charge in [-0.1, -0.05) is 53.4 Å². The first-order valence-electron chi connectivity index (χ1n) is 6.19. The first-order chi connectivity index (χ1) is 7.83. The zero-order valence-corrected chi connectivity index (χ0v) is 11.5. The van der Waals surface area contributed by atoms with E-state index in [0.29, 0.717) is 0 Å². The molecule has 1 aliphatic rings. The monoisotopic (exact) mass is 281 g/mol. The average Bonchev–Trinajstić information content (AvgIpc) is 2.39. The molecule has 2 rings (SSSR count). The van der Waals surface area contributed by atoms with Gasteiger partial charge in [0.05, 0.1) is 0 Å². The predicted molar refractivity (Wildman–Crippen MR) is 74.3 cm³/mol. The van der Waals surface area contributed by atoms with Crippen molar-refractivity contribution in [3.8, 4) is 0 Å². The Morgan fingerprint density at radius 3 is 2.56 bits per heavy atom. The van der Waals surface area contributed by atoms with E-state index >= 15 is 0 Å². The van der Waals surface area contributed by atoms with Gasteiger partial charge >= 0.3 is 0 Å². The van der Waals surface area contributed by atoms with Crippen molar-refractivity contribution >= 4 is 21.6 Å². The largest absolute Gasteiger partial charge is 0.371 e. The lowest BCUT2D eigenvalue weighted by atomic mass is 9.94. The molecule has 88 valence electrons. The molecule has 1 saturated carbocycles. The summed E-state index contributed by atoms with van der Waals surface area (Å²) in [6.07, 6.45) is 6.92. The molecule has 0 N–H and O–H groups in total. The molecular weight excluding hydrogens is 262 g/mol. The molecule has 0 heterocycles. The first-order valence-corrected chi connectivity index (χ1v) is 7.32. The summed E-state index contributed by atoms with van der Waals surface area (Å²) in [6.45, 7) is 0. The van der Waals surface area contributed by atoms with E-state index in [9.17, 15) is 0 Å². The molecule has 0 bridgehead atoms. The van der Waals surface area contributed by atoms with E-state index in [-0.39, 0.29) is 0 Å². The highest BCUT2D eigenvalue weighted by molar-refractivity contribution is 9.08. The standard InChI is InChI=1S/C14H20BrN/c1-16(13-8-3-2-4-9-13)14-10-6-5-7-12(14)11-15/h5-7,10,13H,2-4,8-9,11H2,1H3. The third-order valence-electron chi connectivity index (χ3n) is 3.64. The van der Waals surface area contributed by atoms with Crippen molar-refractivity contribution in [1.82, 2.24) is 0 Å². The Labute approximate surface area is 107 Å². The molecule has 0 unspecified atom stereocenters. The third kappa shape index (κ3) is 2.60. The highest BCUT2D eigenvalue weighted by Gasteiger charge is 2.19. The summed E-state index contributed by atoms with van der Waals surface area (Å²) in [5, 5.41) is 0.945. The van der Waals surface area contributed by atoms with E-state index < -0.39 is 0 Å². The van der Waals surface area contributed by atoms with Crippen molar-refractivity contribution in [2.45, 2.75) is 43.5 Å². The number of hydrogen-bond donors (Lipinski definition) is 0. The van der Waals surface area contributed by atoms with Crippen molar-refractivity contribution in [2.24, 2.45) is 0 Å². The highest BCUT2D eigenvalue weighted by atomic mass is 79.9. The molecule has 1 nitrogen and oxygen atoms in total. The Morgan fingerprint density at radius 1 is 1.19 bits per heavy atom. The molecule has 0 radical (unpaired) electrons. The lowest BCUT2D eigenvalue weighted by Crippen LogP contribution is -2.33. The fraction of sp³-hybridized carbons (Fsp3) is 0.571. The van der Waals surface area contributed by atoms with E-state index in [2.05, 4.69) is 52.1 Å². The molecule has 0 amide bonds. The van der Waals surface area contributed by atoms with Gasteiger partial charge in [-0.25, -0.2) is 0 Å². The molecule has 0 saturated heterocycles. The lowest BCUT2D eigenvalue weighted by Gasteiger charge is -2.34. The molecule has 0 aromatic heterocycles. The summed E-state index contributed by atoms with van der Waals surface area (Å²) in [6, 6.07) is 9.46. The second-order valence-electron chi connectivity index (χ2n) is 4.67. The fourth-order valence-electron chi connectivity index (χ4n) is 2.63. The number of halogens is 1. The molecule has 1 fully saturated rings. The number of hydrogen-bond acceptors (Lipinski definition) is 1. The number of benzene rings is 1. The van der Waals surface area contributed by atoms with E-state index in [4.69, 9.17) is 0 Å². The summed E-state index contributed by atoms with van der Waals surface area (Å²) in [7, 11) is 2.25. The minimum atomic E-state index is 0.744. The van der Waals surface area contributed by atoms with Crippen LogP contribution in [-0.4, -0.2) is 13.1 Å². The van der Waals surface area contributed by atoms with Crippen LogP contribution in [-0.2, 0) is 5.33 Å². The Kier molecular flexibility index (Phi) is 4.28. The molecule has 0 spiro atoms. The molecule has 2 heteroatoms. The quantitative estimate of drug-likeness (QED) is 0.745. The molecule has 1 aromatic carbocycles. The maximum Gasteiger partial charge on any atom is 0.0407 e. The molecule has 1 aliphatic carbocycles. The van der Waals surface area contributed by atoms with Gasteiger partial charge in [-0.15, -0.1) is 0 Å². The van der Waals surface area contributed by atoms with Gasteiger partial charge in [0.1, 0.15) is 0 Å². The Morgan fingerprint density at radius 2 is 1.88 bits per heavy atom. The van der Waals surface area contributed by atoms with Crippen LogP contribution in [0.15, 0.2) is 24.3 Å². The van der Waals surface area contributed by atoms with Crippen LogP contribution < -0.4 is 4.90 Å². The van der Waals surface area contributed by atoms with Crippen LogP contribution in [0.25, 0.3) is 0 Å². The first kappa shape index (κ1) is 12.0. The van der Waals surface area contributed by atoms with E-state index in [1.165, 1.54) is 43.4 Å². The van der Waals surface area contributed by atoms with E-state index in [1.807, 2.05) is 0 Å². The number of nitrogens with zero attached hydrogens (tertiary/aromatic N) is 1. The smallest absolute Gasteiger partial charge is 0.0407 e. The van der Waals surface area contributed by atoms with Crippen molar-refractivity contribution in [3.63, 3.8) is 0 Å². The summed E-state index contributed by atoms with van der Waals surface area (Å²) in [5.74, 6) is 0. The van der Waals surface area contributed by atoms with Crippen LogP contribution >= 0.6 is 15.9 Å². The SMILES string of the molecule is CN(c1ccccc1CBr)C1CCCCC1. The molecule has 1 aromatic rings. The Hall–Kier alpha value is -0.500. The van der Waals surface area contributed by atoms with Crippen LogP contribution in [0.3, 0.4) is 0 Å². The van der Waals surface area contributed by atoms with Crippen LogP contribution in [0, 0.1) is 0 Å². The van der Waals surface area contributed by atoms with Gasteiger partial charge < -0.3 is 4.90 Å². The van der Waals surface area contributed by atoms with Crippen molar-refractivity contribution in [1.29, 1.82) is 0 Å². The minimum Gasteiger partial charge on any atom is -0.371 e. The molecule has 0 aliphatic heterocycles. The summed E-state index contributed by atoms with van der Waals surface area (Å²) < 4.78 is 0. The van der Waals surface area contributed by atoms with Crippen molar-refractivity contribution in [2.75, 3.05) is 11.9 Å². The van der Waals surface area contributed by atoms with Gasteiger partial charge in [-0.2, -0.15) is 0 Å². The third-order valence-corrected chi connectivity index (χ3v) is 4.24. The number of anilines is 1. The van der Waals surface area contributed by atoms with Crippen LogP contribution in [0.5, 0.6) is 0 Å². The van der Waals surface area contributed by atoms with Crippen LogP contribution in [0.1, 0.15) is 37.7 Å². The maximum atomic E-state index is 3.57. The van der Waals surface area contributed by atoms with E-state index in [1.54, 1.807) is 0 Å². The van der Waals surface area contributed by atoms with Gasteiger partial charge in [0.2, 0.25) is 0 Å². The second kappa shape index (κ2) is 5.72. The summed E-state index contributed by atoms with van der Waals surface area (Å²) in [5.41, 5.74) is 2.79. The second-order valence-corrected chi connectivity index (χ2v) is 5.23. The molecule has 0 atom stereocenters. The fourth-order valence-corrected chi connectivity index (χ4v) is 3.11.